The van der Waals surface area contributed by atoms with Crippen LogP contribution in [0.5, 0.6) is 5.75 Å². The summed E-state index contributed by atoms with van der Waals surface area (Å²) in [4.78, 5) is 24.8. The van der Waals surface area contributed by atoms with Crippen LogP contribution in [0.1, 0.15) is 31.8 Å². The SMILES string of the molecule is O=C1c2ccccc2C(=O)c2c(OC(O)O)cccc21. The van der Waals surface area contributed by atoms with Crippen LogP contribution in [0.3, 0.4) is 0 Å². The minimum absolute atomic E-state index is 0.0228. The molecule has 0 bridgehead atoms. The smallest absolute Gasteiger partial charge is 0.310 e. The summed E-state index contributed by atoms with van der Waals surface area (Å²) in [5.74, 6) is -0.676. The molecule has 0 amide bonds. The van der Waals surface area contributed by atoms with Crippen LogP contribution in [0.25, 0.3) is 0 Å². The van der Waals surface area contributed by atoms with Crippen molar-refractivity contribution in [3.05, 3.63) is 64.7 Å². The molecule has 0 atom stereocenters. The number of fused-ring (bicyclic) bond motifs is 2. The molecule has 100 valence electrons. The highest BCUT2D eigenvalue weighted by Crippen LogP contribution is 2.33. The van der Waals surface area contributed by atoms with Crippen molar-refractivity contribution in [2.45, 2.75) is 6.48 Å². The van der Waals surface area contributed by atoms with Crippen LogP contribution in [-0.2, 0) is 0 Å². The Hall–Kier alpha value is -2.50. The molecule has 1 aliphatic carbocycles. The highest BCUT2D eigenvalue weighted by atomic mass is 16.7. The molecule has 0 heterocycles. The fourth-order valence-electron chi connectivity index (χ4n) is 2.33. The van der Waals surface area contributed by atoms with Gasteiger partial charge in [-0.3, -0.25) is 9.59 Å². The second-order valence-corrected chi connectivity index (χ2v) is 4.33. The lowest BCUT2D eigenvalue weighted by Crippen LogP contribution is -2.23. The molecule has 0 saturated heterocycles. The van der Waals surface area contributed by atoms with Gasteiger partial charge in [0, 0.05) is 16.7 Å². The first-order chi connectivity index (χ1) is 9.59. The predicted octanol–water partition coefficient (Wildman–Crippen LogP) is 1.11. The summed E-state index contributed by atoms with van der Waals surface area (Å²) in [6.45, 7) is -2.05. The Kier molecular flexibility index (Phi) is 2.85. The second kappa shape index (κ2) is 4.56. The maximum Gasteiger partial charge on any atom is 0.310 e. The van der Waals surface area contributed by atoms with E-state index in [9.17, 15) is 9.59 Å². The first kappa shape index (κ1) is 12.5. The standard InChI is InChI=1S/C15H10O5/c16-13-8-4-1-2-5-9(8)14(17)12-10(13)6-3-7-11(12)20-15(18)19/h1-7,15,18-19H. The van der Waals surface area contributed by atoms with Gasteiger partial charge in [-0.05, 0) is 6.07 Å². The lowest BCUT2D eigenvalue weighted by Gasteiger charge is -2.20. The van der Waals surface area contributed by atoms with Crippen molar-refractivity contribution in [3.63, 3.8) is 0 Å². The summed E-state index contributed by atoms with van der Waals surface area (Å²) < 4.78 is 4.78. The number of ketones is 2. The zero-order valence-electron chi connectivity index (χ0n) is 10.2. The van der Waals surface area contributed by atoms with Crippen LogP contribution >= 0.6 is 0 Å². The third-order valence-corrected chi connectivity index (χ3v) is 3.15. The van der Waals surface area contributed by atoms with Crippen molar-refractivity contribution in [1.82, 2.24) is 0 Å². The fraction of sp³-hybridized carbons (Fsp3) is 0.0667. The van der Waals surface area contributed by atoms with Crippen LogP contribution in [0.2, 0.25) is 0 Å². The molecular weight excluding hydrogens is 260 g/mol. The molecule has 2 N–H and O–H groups in total. The van der Waals surface area contributed by atoms with E-state index < -0.39 is 6.48 Å². The van der Waals surface area contributed by atoms with Crippen molar-refractivity contribution < 1.29 is 24.5 Å². The third kappa shape index (κ3) is 1.80. The number of hydrogen-bond donors (Lipinski definition) is 2. The molecule has 5 nitrogen and oxygen atoms in total. The number of carbonyl (C=O) groups is 2. The van der Waals surface area contributed by atoms with Gasteiger partial charge in [0.25, 0.3) is 0 Å². The van der Waals surface area contributed by atoms with Crippen molar-refractivity contribution in [3.8, 4) is 5.75 Å². The molecule has 20 heavy (non-hydrogen) atoms. The Morgan fingerprint density at radius 3 is 2.05 bits per heavy atom. The lowest BCUT2D eigenvalue weighted by molar-refractivity contribution is -0.179. The van der Waals surface area contributed by atoms with E-state index in [1.54, 1.807) is 24.3 Å². The van der Waals surface area contributed by atoms with Crippen LogP contribution in [0.15, 0.2) is 42.5 Å². The van der Waals surface area contributed by atoms with Gasteiger partial charge in [-0.1, -0.05) is 36.4 Å². The van der Waals surface area contributed by atoms with Gasteiger partial charge in [0.1, 0.15) is 5.75 Å². The minimum Gasteiger partial charge on any atom is -0.441 e. The zero-order valence-corrected chi connectivity index (χ0v) is 10.2. The van der Waals surface area contributed by atoms with Gasteiger partial charge >= 0.3 is 6.48 Å². The normalized spacial score (nSPS) is 13.2. The van der Waals surface area contributed by atoms with E-state index in [0.717, 1.165) is 0 Å². The van der Waals surface area contributed by atoms with E-state index in [1.807, 2.05) is 0 Å². The number of carbonyl (C=O) groups excluding carboxylic acids is 2. The Morgan fingerprint density at radius 2 is 1.40 bits per heavy atom. The predicted molar refractivity (Wildman–Crippen MR) is 68.6 cm³/mol. The van der Waals surface area contributed by atoms with Crippen LogP contribution in [0, 0.1) is 0 Å². The largest absolute Gasteiger partial charge is 0.441 e. The number of rotatable bonds is 2. The summed E-state index contributed by atoms with van der Waals surface area (Å²) in [7, 11) is 0. The van der Waals surface area contributed by atoms with Crippen molar-refractivity contribution in [2.24, 2.45) is 0 Å². The maximum absolute atomic E-state index is 12.5. The summed E-state index contributed by atoms with van der Waals surface area (Å²) >= 11 is 0. The number of ether oxygens (including phenoxy) is 1. The number of aliphatic hydroxyl groups excluding tert-OH is 1. The number of hydrogen-bond acceptors (Lipinski definition) is 5. The average molecular weight is 270 g/mol. The van der Waals surface area contributed by atoms with E-state index in [4.69, 9.17) is 14.9 Å². The van der Waals surface area contributed by atoms with E-state index in [0.29, 0.717) is 5.56 Å². The van der Waals surface area contributed by atoms with Crippen LogP contribution in [0.4, 0.5) is 0 Å². The number of aliphatic hydroxyl groups is 2. The first-order valence-corrected chi connectivity index (χ1v) is 5.94. The quantitative estimate of drug-likeness (QED) is 0.681. The van der Waals surface area contributed by atoms with Gasteiger partial charge in [0.15, 0.2) is 11.6 Å². The Bertz CT molecular complexity index is 718. The van der Waals surface area contributed by atoms with Gasteiger partial charge in [-0.2, -0.15) is 0 Å². The van der Waals surface area contributed by atoms with Crippen LogP contribution in [-0.4, -0.2) is 28.3 Å². The zero-order chi connectivity index (χ0) is 14.3. The number of benzene rings is 2. The molecule has 0 aromatic heterocycles. The van der Waals surface area contributed by atoms with E-state index in [2.05, 4.69) is 0 Å². The van der Waals surface area contributed by atoms with Gasteiger partial charge in [0.05, 0.1) is 5.56 Å². The third-order valence-electron chi connectivity index (χ3n) is 3.15. The topological polar surface area (TPSA) is 83.8 Å². The maximum atomic E-state index is 12.5. The van der Waals surface area contributed by atoms with E-state index >= 15 is 0 Å². The lowest BCUT2D eigenvalue weighted by atomic mass is 9.84. The van der Waals surface area contributed by atoms with Gasteiger partial charge in [0.2, 0.25) is 0 Å². The molecule has 0 unspecified atom stereocenters. The summed E-state index contributed by atoms with van der Waals surface area (Å²) in [6, 6.07) is 11.0. The highest BCUT2D eigenvalue weighted by Gasteiger charge is 2.32. The molecule has 0 spiro atoms. The monoisotopic (exact) mass is 270 g/mol. The first-order valence-electron chi connectivity index (χ1n) is 5.94. The van der Waals surface area contributed by atoms with Gasteiger partial charge in [-0.25, -0.2) is 0 Å². The molecule has 0 saturated carbocycles. The molecule has 1 aliphatic rings. The van der Waals surface area contributed by atoms with Gasteiger partial charge < -0.3 is 14.9 Å². The highest BCUT2D eigenvalue weighted by molar-refractivity contribution is 6.29. The van der Waals surface area contributed by atoms with Crippen molar-refractivity contribution in [1.29, 1.82) is 0 Å². The van der Waals surface area contributed by atoms with E-state index in [1.165, 1.54) is 18.2 Å². The summed E-state index contributed by atoms with van der Waals surface area (Å²) in [5, 5.41) is 17.8. The fourth-order valence-corrected chi connectivity index (χ4v) is 2.33. The van der Waals surface area contributed by atoms with E-state index in [-0.39, 0.29) is 34.0 Å². The van der Waals surface area contributed by atoms with Crippen molar-refractivity contribution >= 4 is 11.6 Å². The molecule has 2 aromatic carbocycles. The second-order valence-electron chi connectivity index (χ2n) is 4.33. The molecule has 5 heteroatoms. The minimum atomic E-state index is -2.05. The molecule has 0 aliphatic heterocycles. The summed E-state index contributed by atoms with van der Waals surface area (Å²) in [6.07, 6.45) is 0. The molecule has 2 aromatic rings. The van der Waals surface area contributed by atoms with Gasteiger partial charge in [-0.15, -0.1) is 0 Å². The Morgan fingerprint density at radius 1 is 0.800 bits per heavy atom. The molecule has 3 rings (SSSR count). The summed E-state index contributed by atoms with van der Waals surface area (Å²) in [5.41, 5.74) is 0.885. The molecular formula is C15H10O5. The average Bonchev–Trinajstić information content (AvgIpc) is 2.44. The van der Waals surface area contributed by atoms with Crippen LogP contribution < -0.4 is 4.74 Å². The Labute approximate surface area is 114 Å². The molecule has 0 radical (unpaired) electrons. The van der Waals surface area contributed by atoms with Crippen molar-refractivity contribution in [2.75, 3.05) is 0 Å². The Balaban J connectivity index is 2.23. The molecule has 0 fully saturated rings.